The second-order valence-electron chi connectivity index (χ2n) is 3.68. The minimum atomic E-state index is -4.50. The van der Waals surface area contributed by atoms with Crippen molar-refractivity contribution in [3.8, 4) is 0 Å². The zero-order chi connectivity index (χ0) is 13.9. The molecule has 0 bridgehead atoms. The Morgan fingerprint density at radius 2 is 2.05 bits per heavy atom. The van der Waals surface area contributed by atoms with Crippen molar-refractivity contribution in [3.63, 3.8) is 0 Å². The van der Waals surface area contributed by atoms with Gasteiger partial charge in [-0.25, -0.2) is 4.98 Å². The first kappa shape index (κ1) is 13.1. The number of carbonyl (C=O) groups excluding carboxylic acids is 1. The fourth-order valence-corrected chi connectivity index (χ4v) is 1.39. The minimum absolute atomic E-state index is 0.125. The van der Waals surface area contributed by atoms with E-state index < -0.39 is 17.6 Å². The van der Waals surface area contributed by atoms with Gasteiger partial charge in [-0.15, -0.1) is 0 Å². The number of rotatable bonds is 2. The summed E-state index contributed by atoms with van der Waals surface area (Å²) in [6, 6.07) is 9.90. The average Bonchev–Trinajstić information content (AvgIpc) is 2.39. The van der Waals surface area contributed by atoms with Crippen LogP contribution in [0.3, 0.4) is 0 Å². The van der Waals surface area contributed by atoms with Crippen LogP contribution in [0.25, 0.3) is 0 Å². The number of nitrogens with one attached hydrogen (secondary N) is 1. The largest absolute Gasteiger partial charge is 0.416 e. The van der Waals surface area contributed by atoms with Crippen molar-refractivity contribution in [1.29, 1.82) is 0 Å². The third-order valence-corrected chi connectivity index (χ3v) is 2.28. The molecule has 19 heavy (non-hydrogen) atoms. The number of carbonyl (C=O) groups is 1. The first-order valence-electron chi connectivity index (χ1n) is 5.27. The molecule has 0 saturated carbocycles. The highest BCUT2D eigenvalue weighted by atomic mass is 19.4. The second kappa shape index (κ2) is 5.09. The van der Waals surface area contributed by atoms with Crippen LogP contribution in [0.15, 0.2) is 42.6 Å². The molecule has 97 valence electrons. The fourth-order valence-electron chi connectivity index (χ4n) is 1.39. The lowest BCUT2D eigenvalue weighted by atomic mass is 10.1. The topological polar surface area (TPSA) is 42.0 Å². The van der Waals surface area contributed by atoms with Crippen molar-refractivity contribution >= 4 is 11.7 Å². The number of hydrogen-bond acceptors (Lipinski definition) is 2. The van der Waals surface area contributed by atoms with Gasteiger partial charge in [0.05, 0.1) is 5.56 Å². The molecule has 0 aliphatic rings. The number of halogens is 3. The molecule has 0 fully saturated rings. The number of pyridine rings is 1. The lowest BCUT2D eigenvalue weighted by Crippen LogP contribution is -2.14. The van der Waals surface area contributed by atoms with E-state index in [1.54, 1.807) is 12.1 Å². The van der Waals surface area contributed by atoms with E-state index in [-0.39, 0.29) is 11.4 Å². The van der Waals surface area contributed by atoms with E-state index in [0.717, 1.165) is 12.1 Å². The Kier molecular flexibility index (Phi) is 3.50. The van der Waals surface area contributed by atoms with Crippen molar-refractivity contribution in [3.05, 3.63) is 59.8 Å². The van der Waals surface area contributed by atoms with Crippen LogP contribution in [0.5, 0.6) is 0 Å². The van der Waals surface area contributed by atoms with Crippen molar-refractivity contribution in [2.75, 3.05) is 5.32 Å². The summed E-state index contributed by atoms with van der Waals surface area (Å²) in [5.74, 6) is -0.397. The van der Waals surface area contributed by atoms with Crippen LogP contribution >= 0.6 is 0 Å². The van der Waals surface area contributed by atoms with E-state index >= 15 is 0 Å². The third kappa shape index (κ3) is 3.31. The second-order valence-corrected chi connectivity index (χ2v) is 3.68. The lowest BCUT2D eigenvalue weighted by molar-refractivity contribution is -0.137. The lowest BCUT2D eigenvalue weighted by Gasteiger charge is -2.08. The fraction of sp³-hybridized carbons (Fsp3) is 0.0769. The zero-order valence-corrected chi connectivity index (χ0v) is 9.53. The van der Waals surface area contributed by atoms with Crippen molar-refractivity contribution in [2.24, 2.45) is 0 Å². The molecule has 1 radical (unpaired) electrons. The Bertz CT molecular complexity index is 582. The number of hydrogen-bond donors (Lipinski definition) is 1. The molecule has 0 saturated heterocycles. The summed E-state index contributed by atoms with van der Waals surface area (Å²) in [4.78, 5) is 15.6. The Morgan fingerprint density at radius 3 is 2.68 bits per heavy atom. The first-order chi connectivity index (χ1) is 8.97. The molecule has 0 aliphatic heterocycles. The highest BCUT2D eigenvalue weighted by Crippen LogP contribution is 2.29. The Morgan fingerprint density at radius 1 is 1.26 bits per heavy atom. The molecule has 1 amide bonds. The zero-order valence-electron chi connectivity index (χ0n) is 9.53. The molecule has 0 spiro atoms. The van der Waals surface area contributed by atoms with Gasteiger partial charge < -0.3 is 5.32 Å². The number of nitrogens with zero attached hydrogens (tertiary/aromatic N) is 1. The van der Waals surface area contributed by atoms with Gasteiger partial charge in [0.15, 0.2) is 0 Å². The smallest absolute Gasteiger partial charge is 0.307 e. The van der Waals surface area contributed by atoms with Gasteiger partial charge in [-0.3, -0.25) is 4.79 Å². The van der Waals surface area contributed by atoms with Crippen LogP contribution in [0.1, 0.15) is 15.9 Å². The van der Waals surface area contributed by atoms with Crippen LogP contribution in [-0.2, 0) is 6.18 Å². The van der Waals surface area contributed by atoms with Gasteiger partial charge in [-0.1, -0.05) is 6.07 Å². The van der Waals surface area contributed by atoms with Crippen molar-refractivity contribution < 1.29 is 18.0 Å². The van der Waals surface area contributed by atoms with Crippen molar-refractivity contribution in [1.82, 2.24) is 4.98 Å². The number of alkyl halides is 3. The molecule has 1 heterocycles. The van der Waals surface area contributed by atoms with Gasteiger partial charge in [0.2, 0.25) is 0 Å². The van der Waals surface area contributed by atoms with Crippen LogP contribution in [-0.4, -0.2) is 10.9 Å². The monoisotopic (exact) mass is 265 g/mol. The molecule has 0 unspecified atom stereocenters. The quantitative estimate of drug-likeness (QED) is 0.906. The molecule has 3 nitrogen and oxygen atoms in total. The maximum absolute atomic E-state index is 12.5. The Hall–Kier alpha value is -2.37. The molecule has 6 heteroatoms. The predicted molar refractivity (Wildman–Crippen MR) is 62.5 cm³/mol. The van der Waals surface area contributed by atoms with Gasteiger partial charge in [0.25, 0.3) is 5.91 Å². The van der Waals surface area contributed by atoms with E-state index in [9.17, 15) is 18.0 Å². The summed E-state index contributed by atoms with van der Waals surface area (Å²) in [7, 11) is 0. The van der Waals surface area contributed by atoms with E-state index in [0.29, 0.717) is 0 Å². The number of anilines is 1. The minimum Gasteiger partial charge on any atom is -0.307 e. The first-order valence-corrected chi connectivity index (χ1v) is 5.27. The van der Waals surface area contributed by atoms with Crippen LogP contribution in [0, 0.1) is 6.07 Å². The van der Waals surface area contributed by atoms with E-state index in [4.69, 9.17) is 0 Å². The molecular weight excluding hydrogens is 257 g/mol. The Balaban J connectivity index is 2.20. The van der Waals surface area contributed by atoms with Crippen LogP contribution in [0.4, 0.5) is 19.0 Å². The van der Waals surface area contributed by atoms with E-state index in [2.05, 4.69) is 16.4 Å². The summed E-state index contributed by atoms with van der Waals surface area (Å²) in [6.45, 7) is 0. The normalized spacial score (nSPS) is 11.1. The summed E-state index contributed by atoms with van der Waals surface area (Å²) >= 11 is 0. The van der Waals surface area contributed by atoms with Gasteiger partial charge in [-0.05, 0) is 36.4 Å². The molecule has 1 N–H and O–H groups in total. The third-order valence-electron chi connectivity index (χ3n) is 2.28. The van der Waals surface area contributed by atoms with Gasteiger partial charge in [0, 0.05) is 11.8 Å². The molecule has 0 aliphatic carbocycles. The highest BCUT2D eigenvalue weighted by Gasteiger charge is 2.30. The Labute approximate surface area is 107 Å². The summed E-state index contributed by atoms with van der Waals surface area (Å²) in [5, 5.41) is 2.40. The summed E-state index contributed by atoms with van der Waals surface area (Å²) < 4.78 is 37.5. The number of aromatic nitrogens is 1. The standard InChI is InChI=1S/C13H8F3N2O/c14-13(15,16)10-5-3-4-9(8-10)12(19)18-11-6-1-2-7-17-11/h1-2,4-8H,(H,17,18,19). The van der Waals surface area contributed by atoms with Crippen LogP contribution in [0.2, 0.25) is 0 Å². The maximum atomic E-state index is 12.5. The number of benzene rings is 1. The van der Waals surface area contributed by atoms with Crippen LogP contribution < -0.4 is 5.32 Å². The van der Waals surface area contributed by atoms with Gasteiger partial charge in [-0.2, -0.15) is 13.2 Å². The molecule has 0 atom stereocenters. The van der Waals surface area contributed by atoms with E-state index in [1.807, 2.05) is 0 Å². The highest BCUT2D eigenvalue weighted by molar-refractivity contribution is 6.03. The molecular formula is C13H8F3N2O. The summed E-state index contributed by atoms with van der Waals surface area (Å²) in [6.07, 6.45) is -3.04. The molecule has 1 aromatic carbocycles. The van der Waals surface area contributed by atoms with E-state index in [1.165, 1.54) is 18.3 Å². The average molecular weight is 265 g/mol. The predicted octanol–water partition coefficient (Wildman–Crippen LogP) is 3.15. The van der Waals surface area contributed by atoms with Gasteiger partial charge in [0.1, 0.15) is 5.82 Å². The molecule has 2 aromatic rings. The number of amides is 1. The van der Waals surface area contributed by atoms with Gasteiger partial charge >= 0.3 is 6.18 Å². The SMILES string of the molecule is O=C(Nc1ccccn1)c1c[c]cc(C(F)(F)F)c1. The molecule has 1 aromatic heterocycles. The maximum Gasteiger partial charge on any atom is 0.416 e. The van der Waals surface area contributed by atoms with Crippen molar-refractivity contribution in [2.45, 2.75) is 6.18 Å². The summed E-state index contributed by atoms with van der Waals surface area (Å²) in [5.41, 5.74) is -1.04. The molecule has 2 rings (SSSR count).